The van der Waals surface area contributed by atoms with Gasteiger partial charge in [0, 0.05) is 41.8 Å². The number of methoxy groups -OCH3 is 1. The molecular weight excluding hydrogens is 621 g/mol. The molecule has 47 heavy (non-hydrogen) atoms. The van der Waals surface area contributed by atoms with E-state index in [0.29, 0.717) is 21.5 Å². The number of hydrogen-bond donors (Lipinski definition) is 0. The number of pyridine rings is 1. The van der Waals surface area contributed by atoms with Crippen molar-refractivity contribution in [1.82, 2.24) is 9.88 Å². The van der Waals surface area contributed by atoms with Crippen LogP contribution in [0.2, 0.25) is 0 Å². The number of alkyl halides is 3. The third-order valence-electron chi connectivity index (χ3n) is 9.44. The summed E-state index contributed by atoms with van der Waals surface area (Å²) in [4.78, 5) is 19.6. The Kier molecular flexibility index (Phi) is 10.3. The first-order chi connectivity index (χ1) is 21.8. The fourth-order valence-corrected chi connectivity index (χ4v) is 5.93. The minimum Gasteiger partial charge on any atom is -0.493 e. The van der Waals surface area contributed by atoms with Gasteiger partial charge in [-0.2, -0.15) is 17.6 Å². The summed E-state index contributed by atoms with van der Waals surface area (Å²) in [6, 6.07) is 12.6. The van der Waals surface area contributed by atoms with Gasteiger partial charge in [0.25, 0.3) is 5.91 Å². The summed E-state index contributed by atoms with van der Waals surface area (Å²) in [5, 5.41) is 0. The number of carbonyl (C=O) groups is 1. The predicted molar refractivity (Wildman–Crippen MR) is 167 cm³/mol. The summed E-state index contributed by atoms with van der Waals surface area (Å²) in [5.41, 5.74) is -0.702. The molecule has 12 heteroatoms. The monoisotopic (exact) mass is 664 g/mol. The Morgan fingerprint density at radius 2 is 1.77 bits per heavy atom. The average molecular weight is 665 g/mol. The molecule has 0 bridgehead atoms. The maximum Gasteiger partial charge on any atom is 0.417 e. The molecule has 1 fully saturated rings. The number of aromatic nitrogens is 1. The molecule has 1 aliphatic rings. The Morgan fingerprint density at radius 3 is 2.34 bits per heavy atom. The van der Waals surface area contributed by atoms with Crippen molar-refractivity contribution in [2.45, 2.75) is 70.7 Å². The van der Waals surface area contributed by atoms with Crippen LogP contribution in [-0.4, -0.2) is 73.4 Å². The molecule has 256 valence electrons. The Hall–Kier alpha value is -3.77. The zero-order valence-corrected chi connectivity index (χ0v) is 28.2. The van der Waals surface area contributed by atoms with Gasteiger partial charge >= 0.3 is 6.18 Å². The van der Waals surface area contributed by atoms with Gasteiger partial charge in [0.2, 0.25) is 5.82 Å². The lowest BCUT2D eigenvalue weighted by molar-refractivity contribution is -0.884. The lowest BCUT2D eigenvalue weighted by Crippen LogP contribution is -2.52. The van der Waals surface area contributed by atoms with Crippen LogP contribution < -0.4 is 9.47 Å². The molecule has 0 aliphatic carbocycles. The maximum atomic E-state index is 14.9. The topological polar surface area (TPSA) is 60.9 Å². The van der Waals surface area contributed by atoms with Crippen molar-refractivity contribution in [3.8, 4) is 11.5 Å². The number of nitrogens with zero attached hydrogens (tertiary/aromatic N) is 3. The van der Waals surface area contributed by atoms with E-state index >= 15 is 0 Å². The largest absolute Gasteiger partial charge is 0.493 e. The number of carbonyl (C=O) groups excluding carboxylic acids is 1. The lowest BCUT2D eigenvalue weighted by Gasteiger charge is -2.33. The molecule has 0 unspecified atom stereocenters. The van der Waals surface area contributed by atoms with Crippen LogP contribution in [0.5, 0.6) is 11.5 Å². The second-order valence-corrected chi connectivity index (χ2v) is 13.3. The summed E-state index contributed by atoms with van der Waals surface area (Å²) < 4.78 is 90.8. The number of likely N-dealkylation sites (N-methyl/N-ethyl adjacent to an activating group) is 2. The maximum absolute atomic E-state index is 14.9. The average Bonchev–Trinajstić information content (AvgIpc) is 3.28. The highest BCUT2D eigenvalue weighted by Crippen LogP contribution is 2.59. The van der Waals surface area contributed by atoms with E-state index < -0.39 is 47.1 Å². The molecule has 0 N–H and O–H groups in total. The SMILES string of the molecule is COc1c([C@H]2[C@H](c3cc(OCc4ccccc4)c(CN(C)C(=O)[C@H](C)[N+](C)(C)C)c(C)n3)O[C@@](C)(C(F)(F)F)[C@H]2C)ccc(F)c1F. The highest BCUT2D eigenvalue weighted by atomic mass is 19.4. The second kappa shape index (κ2) is 13.4. The minimum atomic E-state index is -4.81. The van der Waals surface area contributed by atoms with E-state index in [4.69, 9.17) is 19.2 Å². The van der Waals surface area contributed by atoms with Crippen LogP contribution in [-0.2, 0) is 22.7 Å². The van der Waals surface area contributed by atoms with Crippen LogP contribution in [0.15, 0.2) is 48.5 Å². The van der Waals surface area contributed by atoms with Crippen LogP contribution in [0.3, 0.4) is 0 Å². The fraction of sp³-hybridized carbons (Fsp3) is 0.486. The number of aryl methyl sites for hydroxylation is 1. The predicted octanol–water partition coefficient (Wildman–Crippen LogP) is 7.12. The molecule has 0 saturated carbocycles. The first kappa shape index (κ1) is 36.1. The summed E-state index contributed by atoms with van der Waals surface area (Å²) in [6.07, 6.45) is -6.15. The molecule has 0 spiro atoms. The van der Waals surface area contributed by atoms with E-state index in [-0.39, 0.29) is 36.4 Å². The van der Waals surface area contributed by atoms with Gasteiger partial charge in [-0.05, 0) is 32.4 Å². The molecule has 2 aromatic carbocycles. The number of ether oxygens (including phenoxy) is 3. The first-order valence-electron chi connectivity index (χ1n) is 15.3. The number of rotatable bonds is 10. The van der Waals surface area contributed by atoms with Crippen LogP contribution in [0.1, 0.15) is 60.9 Å². The third-order valence-corrected chi connectivity index (χ3v) is 9.44. The van der Waals surface area contributed by atoms with Crippen molar-refractivity contribution in [2.75, 3.05) is 35.3 Å². The summed E-state index contributed by atoms with van der Waals surface area (Å²) in [7, 11) is 8.56. The standard InChI is InChI=1S/C35H43F5N3O4/c1-20-29(24-15-16-26(36)30(37)31(24)45-9)32(47-34(20,4)35(38,39)40)27-17-28(46-19-23-13-11-10-12-14-23)25(21(2)41-27)18-42(5)33(44)22(3)43(6,7)8/h10-17,20,22,29,32H,18-19H2,1-9H3/q+1/t20-,22-,29-,32-,34+/m0/s1. The van der Waals surface area contributed by atoms with Crippen LogP contribution in [0.4, 0.5) is 22.0 Å². The summed E-state index contributed by atoms with van der Waals surface area (Å²) in [5.74, 6) is -5.21. The highest BCUT2D eigenvalue weighted by Gasteiger charge is 2.65. The molecular formula is C35H43F5N3O4+. The molecule has 3 aromatic rings. The van der Waals surface area contributed by atoms with Gasteiger partial charge in [-0.1, -0.05) is 43.3 Å². The Balaban J connectivity index is 1.86. The molecule has 1 aliphatic heterocycles. The molecule has 7 nitrogen and oxygen atoms in total. The highest BCUT2D eigenvalue weighted by molar-refractivity contribution is 5.80. The number of benzene rings is 2. The zero-order chi connectivity index (χ0) is 35.1. The summed E-state index contributed by atoms with van der Waals surface area (Å²) in [6.45, 7) is 6.08. The minimum absolute atomic E-state index is 0.0202. The van der Waals surface area contributed by atoms with Crippen molar-refractivity contribution in [2.24, 2.45) is 5.92 Å². The van der Waals surface area contributed by atoms with E-state index in [1.807, 2.05) is 58.4 Å². The Labute approximate surface area is 272 Å². The van der Waals surface area contributed by atoms with E-state index in [9.17, 15) is 26.7 Å². The van der Waals surface area contributed by atoms with Crippen LogP contribution in [0, 0.1) is 24.5 Å². The van der Waals surface area contributed by atoms with Crippen molar-refractivity contribution < 1.29 is 45.4 Å². The fourth-order valence-electron chi connectivity index (χ4n) is 5.93. The van der Waals surface area contributed by atoms with Gasteiger partial charge in [0.15, 0.2) is 23.2 Å². The van der Waals surface area contributed by atoms with Gasteiger partial charge in [-0.3, -0.25) is 9.78 Å². The van der Waals surface area contributed by atoms with Crippen molar-refractivity contribution in [3.05, 3.63) is 88.2 Å². The molecule has 1 saturated heterocycles. The molecule has 5 atom stereocenters. The Bertz CT molecular complexity index is 1590. The van der Waals surface area contributed by atoms with Crippen LogP contribution >= 0.6 is 0 Å². The number of hydrogen-bond acceptors (Lipinski definition) is 5. The molecule has 1 amide bonds. The molecule has 0 radical (unpaired) electrons. The van der Waals surface area contributed by atoms with Gasteiger partial charge in [0.1, 0.15) is 18.5 Å². The number of halogens is 5. The number of quaternary nitrogens is 1. The normalized spacial score (nSPS) is 22.2. The van der Waals surface area contributed by atoms with Gasteiger partial charge in [-0.15, -0.1) is 0 Å². The first-order valence-corrected chi connectivity index (χ1v) is 15.3. The van der Waals surface area contributed by atoms with Gasteiger partial charge < -0.3 is 23.6 Å². The van der Waals surface area contributed by atoms with E-state index in [0.717, 1.165) is 25.7 Å². The van der Waals surface area contributed by atoms with Crippen LogP contribution in [0.25, 0.3) is 0 Å². The molecule has 4 rings (SSSR count). The van der Waals surface area contributed by atoms with Gasteiger partial charge in [0.05, 0.1) is 40.5 Å². The smallest absolute Gasteiger partial charge is 0.417 e. The lowest BCUT2D eigenvalue weighted by atomic mass is 9.76. The van der Waals surface area contributed by atoms with Crippen molar-refractivity contribution in [1.29, 1.82) is 0 Å². The summed E-state index contributed by atoms with van der Waals surface area (Å²) >= 11 is 0. The molecule has 2 heterocycles. The quantitative estimate of drug-likeness (QED) is 0.171. The zero-order valence-electron chi connectivity index (χ0n) is 28.2. The van der Waals surface area contributed by atoms with E-state index in [1.54, 1.807) is 18.9 Å². The van der Waals surface area contributed by atoms with Crippen molar-refractivity contribution >= 4 is 5.91 Å². The van der Waals surface area contributed by atoms with E-state index in [2.05, 4.69) is 0 Å². The molecule has 1 aromatic heterocycles. The number of amides is 1. The Morgan fingerprint density at radius 1 is 1.13 bits per heavy atom. The second-order valence-electron chi connectivity index (χ2n) is 13.3. The van der Waals surface area contributed by atoms with Crippen molar-refractivity contribution in [3.63, 3.8) is 0 Å². The van der Waals surface area contributed by atoms with E-state index in [1.165, 1.54) is 19.1 Å². The van der Waals surface area contributed by atoms with Gasteiger partial charge in [-0.25, -0.2) is 4.39 Å². The third kappa shape index (κ3) is 7.08.